The Labute approximate surface area is 94.5 Å². The Kier molecular flexibility index (Phi) is 2.96. The lowest BCUT2D eigenvalue weighted by Crippen LogP contribution is -2.32. The summed E-state index contributed by atoms with van der Waals surface area (Å²) in [6.45, 7) is 4.03. The number of rotatable bonds is 5. The number of nitrogens with one attached hydrogen (secondary N) is 1. The summed E-state index contributed by atoms with van der Waals surface area (Å²) in [6, 6.07) is -0.0608. The first kappa shape index (κ1) is 11.1. The van der Waals surface area contributed by atoms with Crippen molar-refractivity contribution in [3.05, 3.63) is 18.2 Å². The predicted molar refractivity (Wildman–Crippen MR) is 59.1 cm³/mol. The van der Waals surface area contributed by atoms with E-state index in [-0.39, 0.29) is 6.04 Å². The second-order valence-corrected chi connectivity index (χ2v) is 4.53. The number of aliphatic carboxylic acids is 1. The van der Waals surface area contributed by atoms with Gasteiger partial charge in [-0.15, -0.1) is 0 Å². The average Bonchev–Trinajstić information content (AvgIpc) is 2.89. The molecule has 1 saturated carbocycles. The summed E-state index contributed by atoms with van der Waals surface area (Å²) in [7, 11) is 0. The largest absolute Gasteiger partial charge is 0.480 e. The first-order valence-electron chi connectivity index (χ1n) is 5.60. The normalized spacial score (nSPS) is 17.7. The van der Waals surface area contributed by atoms with Gasteiger partial charge in [0.05, 0.1) is 18.2 Å². The summed E-state index contributed by atoms with van der Waals surface area (Å²) in [4.78, 5) is 15.3. The van der Waals surface area contributed by atoms with E-state index in [1.807, 2.05) is 18.4 Å². The zero-order chi connectivity index (χ0) is 11.7. The van der Waals surface area contributed by atoms with Gasteiger partial charge in [-0.2, -0.15) is 0 Å². The van der Waals surface area contributed by atoms with Gasteiger partial charge in [0.1, 0.15) is 6.04 Å². The molecular weight excluding hydrogens is 206 g/mol. The molecule has 1 aromatic heterocycles. The van der Waals surface area contributed by atoms with Gasteiger partial charge in [-0.05, 0) is 26.7 Å². The van der Waals surface area contributed by atoms with E-state index in [2.05, 4.69) is 10.3 Å². The highest BCUT2D eigenvalue weighted by Gasteiger charge is 2.31. The Balaban J connectivity index is 2.22. The molecule has 0 saturated heterocycles. The number of carboxylic acids is 1. The van der Waals surface area contributed by atoms with Crippen LogP contribution >= 0.6 is 0 Å². The highest BCUT2D eigenvalue weighted by Crippen LogP contribution is 2.25. The Morgan fingerprint density at radius 2 is 2.31 bits per heavy atom. The van der Waals surface area contributed by atoms with Crippen molar-refractivity contribution >= 4 is 5.97 Å². The Morgan fingerprint density at radius 3 is 2.81 bits per heavy atom. The van der Waals surface area contributed by atoms with Crippen molar-refractivity contribution in [2.75, 3.05) is 0 Å². The fraction of sp³-hybridized carbons (Fsp3) is 0.636. The fourth-order valence-electron chi connectivity index (χ4n) is 1.74. The number of carboxylic acid groups (broad SMARTS) is 1. The Hall–Kier alpha value is -1.36. The van der Waals surface area contributed by atoms with E-state index in [1.54, 1.807) is 12.5 Å². The van der Waals surface area contributed by atoms with Gasteiger partial charge in [0.25, 0.3) is 0 Å². The van der Waals surface area contributed by atoms with Crippen molar-refractivity contribution in [2.24, 2.45) is 0 Å². The molecule has 1 aliphatic carbocycles. The van der Waals surface area contributed by atoms with Gasteiger partial charge < -0.3 is 9.67 Å². The van der Waals surface area contributed by atoms with Crippen LogP contribution in [0.5, 0.6) is 0 Å². The van der Waals surface area contributed by atoms with Crippen LogP contribution in [0.2, 0.25) is 0 Å². The van der Waals surface area contributed by atoms with Crippen molar-refractivity contribution in [2.45, 2.75) is 44.8 Å². The molecule has 2 N–H and O–H groups in total. The molecule has 0 bridgehead atoms. The molecule has 0 amide bonds. The number of carbonyl (C=O) groups is 1. The van der Waals surface area contributed by atoms with Gasteiger partial charge in [-0.25, -0.2) is 4.98 Å². The summed E-state index contributed by atoms with van der Waals surface area (Å²) < 4.78 is 1.90. The fourth-order valence-corrected chi connectivity index (χ4v) is 1.74. The molecule has 1 aromatic rings. The number of aromatic nitrogens is 2. The highest BCUT2D eigenvalue weighted by atomic mass is 16.4. The van der Waals surface area contributed by atoms with Crippen molar-refractivity contribution in [3.8, 4) is 0 Å². The van der Waals surface area contributed by atoms with Gasteiger partial charge in [-0.3, -0.25) is 10.1 Å². The van der Waals surface area contributed by atoms with Crippen LogP contribution in [0.25, 0.3) is 0 Å². The summed E-state index contributed by atoms with van der Waals surface area (Å²) in [6.07, 6.45) is 5.46. The first-order chi connectivity index (χ1) is 7.59. The van der Waals surface area contributed by atoms with E-state index in [1.165, 1.54) is 0 Å². The Morgan fingerprint density at radius 1 is 1.62 bits per heavy atom. The Bertz CT molecular complexity index is 382. The van der Waals surface area contributed by atoms with Crippen LogP contribution in [0.15, 0.2) is 12.5 Å². The van der Waals surface area contributed by atoms with Crippen LogP contribution in [-0.2, 0) is 4.79 Å². The van der Waals surface area contributed by atoms with Crippen LogP contribution in [0.3, 0.4) is 0 Å². The van der Waals surface area contributed by atoms with Crippen LogP contribution in [0, 0.1) is 0 Å². The SMILES string of the molecule is CC(C)n1cncc1C(NC1CC1)C(=O)O. The van der Waals surface area contributed by atoms with Gasteiger partial charge in [-0.1, -0.05) is 0 Å². The molecule has 16 heavy (non-hydrogen) atoms. The number of imidazole rings is 1. The highest BCUT2D eigenvalue weighted by molar-refractivity contribution is 5.75. The maximum absolute atomic E-state index is 11.2. The number of hydrogen-bond donors (Lipinski definition) is 2. The van der Waals surface area contributed by atoms with Crippen LogP contribution in [0.4, 0.5) is 0 Å². The second-order valence-electron chi connectivity index (χ2n) is 4.53. The zero-order valence-corrected chi connectivity index (χ0v) is 9.55. The maximum Gasteiger partial charge on any atom is 0.326 e. The standard InChI is InChI=1S/C11H17N3O2/c1-7(2)14-6-12-5-9(14)10(11(15)16)13-8-3-4-8/h5-8,10,13H,3-4H2,1-2H3,(H,15,16). The molecule has 2 rings (SSSR count). The van der Waals surface area contributed by atoms with Crippen molar-refractivity contribution < 1.29 is 9.90 Å². The molecule has 0 aliphatic heterocycles. The van der Waals surface area contributed by atoms with Crippen LogP contribution in [-0.4, -0.2) is 26.7 Å². The molecule has 1 heterocycles. The minimum Gasteiger partial charge on any atom is -0.480 e. The molecule has 1 atom stereocenters. The van der Waals surface area contributed by atoms with Crippen LogP contribution < -0.4 is 5.32 Å². The van der Waals surface area contributed by atoms with Crippen LogP contribution in [0.1, 0.15) is 44.5 Å². The lowest BCUT2D eigenvalue weighted by Gasteiger charge is -2.18. The lowest BCUT2D eigenvalue weighted by molar-refractivity contribution is -0.139. The van der Waals surface area contributed by atoms with E-state index >= 15 is 0 Å². The molecule has 1 unspecified atom stereocenters. The molecular formula is C11H17N3O2. The average molecular weight is 223 g/mol. The number of nitrogens with zero attached hydrogens (tertiary/aromatic N) is 2. The quantitative estimate of drug-likeness (QED) is 0.790. The molecule has 0 spiro atoms. The smallest absolute Gasteiger partial charge is 0.326 e. The van der Waals surface area contributed by atoms with E-state index in [0.29, 0.717) is 6.04 Å². The second kappa shape index (κ2) is 4.25. The molecule has 1 aliphatic rings. The van der Waals surface area contributed by atoms with Gasteiger partial charge in [0, 0.05) is 12.1 Å². The third-order valence-electron chi connectivity index (χ3n) is 2.77. The first-order valence-corrected chi connectivity index (χ1v) is 5.60. The topological polar surface area (TPSA) is 67.2 Å². The molecule has 1 fully saturated rings. The van der Waals surface area contributed by atoms with Gasteiger partial charge in [0.2, 0.25) is 0 Å². The van der Waals surface area contributed by atoms with Gasteiger partial charge >= 0.3 is 5.97 Å². The van der Waals surface area contributed by atoms with E-state index in [0.717, 1.165) is 18.5 Å². The minimum atomic E-state index is -0.839. The number of hydrogen-bond acceptors (Lipinski definition) is 3. The van der Waals surface area contributed by atoms with Crippen molar-refractivity contribution in [1.82, 2.24) is 14.9 Å². The summed E-state index contributed by atoms with van der Waals surface area (Å²) >= 11 is 0. The van der Waals surface area contributed by atoms with E-state index in [9.17, 15) is 9.90 Å². The maximum atomic E-state index is 11.2. The van der Waals surface area contributed by atoms with E-state index in [4.69, 9.17) is 0 Å². The summed E-state index contributed by atoms with van der Waals surface area (Å²) in [5.74, 6) is -0.839. The third kappa shape index (κ3) is 2.24. The molecule has 5 nitrogen and oxygen atoms in total. The zero-order valence-electron chi connectivity index (χ0n) is 9.55. The molecule has 5 heteroatoms. The van der Waals surface area contributed by atoms with Crippen molar-refractivity contribution in [3.63, 3.8) is 0 Å². The monoisotopic (exact) mass is 223 g/mol. The summed E-state index contributed by atoms with van der Waals surface area (Å²) in [5, 5.41) is 12.4. The molecule has 88 valence electrons. The van der Waals surface area contributed by atoms with E-state index < -0.39 is 12.0 Å². The van der Waals surface area contributed by atoms with Gasteiger partial charge in [0.15, 0.2) is 0 Å². The summed E-state index contributed by atoms with van der Waals surface area (Å²) in [5.41, 5.74) is 0.731. The molecule has 0 aromatic carbocycles. The predicted octanol–water partition coefficient (Wildman–Crippen LogP) is 1.34. The van der Waals surface area contributed by atoms with Crippen molar-refractivity contribution in [1.29, 1.82) is 0 Å². The molecule has 0 radical (unpaired) electrons. The lowest BCUT2D eigenvalue weighted by atomic mass is 10.2. The minimum absolute atomic E-state index is 0.223. The third-order valence-corrected chi connectivity index (χ3v) is 2.77.